The second-order valence-electron chi connectivity index (χ2n) is 8.73. The number of hydrogen-bond donors (Lipinski definition) is 2. The van der Waals surface area contributed by atoms with Gasteiger partial charge >= 0.3 is 11.9 Å². The summed E-state index contributed by atoms with van der Waals surface area (Å²) in [5, 5.41) is 5.39. The van der Waals surface area contributed by atoms with Crippen molar-refractivity contribution >= 4 is 29.7 Å². The van der Waals surface area contributed by atoms with Gasteiger partial charge in [-0.3, -0.25) is 28.9 Å². The summed E-state index contributed by atoms with van der Waals surface area (Å²) in [6, 6.07) is -1.80. The third-order valence-electron chi connectivity index (χ3n) is 5.49. The van der Waals surface area contributed by atoms with Gasteiger partial charge in [0.15, 0.2) is 0 Å². The highest BCUT2D eigenvalue weighted by atomic mass is 16.5. The molecule has 2 fully saturated rings. The zero-order valence-corrected chi connectivity index (χ0v) is 19.8. The minimum absolute atomic E-state index is 0.149. The fourth-order valence-electron chi connectivity index (χ4n) is 3.68. The molecule has 3 amide bonds. The molecule has 2 aliphatic heterocycles. The number of nitrogens with zero attached hydrogens (tertiary/aromatic N) is 2. The lowest BCUT2D eigenvalue weighted by Crippen LogP contribution is -2.62. The maximum atomic E-state index is 13.1. The Morgan fingerprint density at radius 1 is 0.970 bits per heavy atom. The number of amides is 3. The minimum atomic E-state index is -0.964. The highest BCUT2D eigenvalue weighted by Crippen LogP contribution is 2.15. The van der Waals surface area contributed by atoms with Gasteiger partial charge in [-0.1, -0.05) is 27.2 Å². The van der Waals surface area contributed by atoms with E-state index in [1.54, 1.807) is 4.90 Å². The van der Waals surface area contributed by atoms with Crippen molar-refractivity contribution in [2.45, 2.75) is 58.5 Å². The quantitative estimate of drug-likeness (QED) is 0.304. The van der Waals surface area contributed by atoms with Crippen molar-refractivity contribution in [3.63, 3.8) is 0 Å². The molecule has 11 heteroatoms. The van der Waals surface area contributed by atoms with Crippen molar-refractivity contribution in [2.75, 3.05) is 45.9 Å². The average molecular weight is 469 g/mol. The molecule has 2 atom stereocenters. The Labute approximate surface area is 194 Å². The van der Waals surface area contributed by atoms with Crippen LogP contribution in [0.25, 0.3) is 0 Å². The van der Waals surface area contributed by atoms with Crippen molar-refractivity contribution in [1.29, 1.82) is 0 Å². The predicted octanol–water partition coefficient (Wildman–Crippen LogP) is -0.563. The van der Waals surface area contributed by atoms with E-state index in [4.69, 9.17) is 9.47 Å². The molecule has 2 saturated heterocycles. The average Bonchev–Trinajstić information content (AvgIpc) is 2.76. The number of esters is 2. The molecule has 0 aromatic heterocycles. The van der Waals surface area contributed by atoms with Gasteiger partial charge in [-0.2, -0.15) is 0 Å². The van der Waals surface area contributed by atoms with E-state index in [0.29, 0.717) is 13.1 Å². The largest absolute Gasteiger partial charge is 0.466 e. The molecule has 2 aliphatic rings. The van der Waals surface area contributed by atoms with E-state index in [-0.39, 0.29) is 63.4 Å². The second-order valence-corrected chi connectivity index (χ2v) is 8.73. The molecule has 186 valence electrons. The topological polar surface area (TPSA) is 134 Å². The number of carbonyl (C=O) groups excluding carboxylic acids is 5. The normalized spacial score (nSPS) is 21.4. The molecule has 2 rings (SSSR count). The zero-order chi connectivity index (χ0) is 24.4. The molecule has 0 bridgehead atoms. The summed E-state index contributed by atoms with van der Waals surface area (Å²) in [4.78, 5) is 65.3. The van der Waals surface area contributed by atoms with E-state index in [9.17, 15) is 24.0 Å². The van der Waals surface area contributed by atoms with E-state index in [1.165, 1.54) is 4.90 Å². The van der Waals surface area contributed by atoms with Crippen molar-refractivity contribution in [3.8, 4) is 0 Å². The first-order valence-corrected chi connectivity index (χ1v) is 11.6. The molecule has 0 radical (unpaired) electrons. The molecular formula is C22H36N4O7. The van der Waals surface area contributed by atoms with Crippen LogP contribution in [0.2, 0.25) is 0 Å². The van der Waals surface area contributed by atoms with Gasteiger partial charge in [-0.05, 0) is 12.3 Å². The molecule has 0 spiro atoms. The number of unbranched alkanes of at least 4 members (excludes halogenated alkanes) is 1. The van der Waals surface area contributed by atoms with Crippen molar-refractivity contribution in [1.82, 2.24) is 20.4 Å². The van der Waals surface area contributed by atoms with E-state index < -0.39 is 29.9 Å². The number of nitrogens with one attached hydrogen (secondary N) is 2. The Kier molecular flexibility index (Phi) is 10.6. The van der Waals surface area contributed by atoms with Crippen molar-refractivity contribution in [2.24, 2.45) is 5.92 Å². The van der Waals surface area contributed by atoms with Gasteiger partial charge in [0.05, 0.1) is 32.6 Å². The van der Waals surface area contributed by atoms with Crippen LogP contribution in [0.4, 0.5) is 0 Å². The lowest BCUT2D eigenvalue weighted by molar-refractivity contribution is -0.154. The van der Waals surface area contributed by atoms with Crippen LogP contribution in [0, 0.1) is 5.92 Å². The fourth-order valence-corrected chi connectivity index (χ4v) is 3.68. The Bertz CT molecular complexity index is 728. The van der Waals surface area contributed by atoms with Crippen LogP contribution in [0.1, 0.15) is 46.5 Å². The number of piperazine rings is 2. The Morgan fingerprint density at radius 3 is 2.24 bits per heavy atom. The molecule has 33 heavy (non-hydrogen) atoms. The molecule has 0 aliphatic carbocycles. The van der Waals surface area contributed by atoms with Crippen molar-refractivity contribution in [3.05, 3.63) is 0 Å². The maximum absolute atomic E-state index is 13.1. The highest BCUT2D eigenvalue weighted by Gasteiger charge is 2.38. The molecule has 0 aromatic rings. The van der Waals surface area contributed by atoms with E-state index in [0.717, 1.165) is 12.8 Å². The highest BCUT2D eigenvalue weighted by molar-refractivity contribution is 5.93. The summed E-state index contributed by atoms with van der Waals surface area (Å²) in [6.45, 7) is 7.43. The van der Waals surface area contributed by atoms with Gasteiger partial charge in [0.1, 0.15) is 12.1 Å². The maximum Gasteiger partial charge on any atom is 0.308 e. The number of carbonyl (C=O) groups is 5. The third-order valence-corrected chi connectivity index (χ3v) is 5.49. The monoisotopic (exact) mass is 468 g/mol. The van der Waals surface area contributed by atoms with Gasteiger partial charge in [0, 0.05) is 26.2 Å². The first-order valence-electron chi connectivity index (χ1n) is 11.6. The van der Waals surface area contributed by atoms with Gasteiger partial charge < -0.3 is 25.0 Å². The predicted molar refractivity (Wildman–Crippen MR) is 118 cm³/mol. The molecule has 2 unspecified atom stereocenters. The molecular weight excluding hydrogens is 432 g/mol. The first kappa shape index (κ1) is 26.6. The van der Waals surface area contributed by atoms with Gasteiger partial charge in [-0.15, -0.1) is 0 Å². The molecule has 0 saturated carbocycles. The first-order chi connectivity index (χ1) is 15.7. The van der Waals surface area contributed by atoms with Crippen LogP contribution in [-0.4, -0.2) is 97.5 Å². The summed E-state index contributed by atoms with van der Waals surface area (Å²) < 4.78 is 10.3. The van der Waals surface area contributed by atoms with Crippen LogP contribution in [0.15, 0.2) is 0 Å². The number of ether oxygens (including phenoxy) is 2. The fraction of sp³-hybridized carbons (Fsp3) is 0.773. The van der Waals surface area contributed by atoms with Crippen LogP contribution in [-0.2, 0) is 33.4 Å². The van der Waals surface area contributed by atoms with Crippen LogP contribution in [0.5, 0.6) is 0 Å². The standard InChI is InChI=1S/C22H36N4O7/c1-4-5-10-32-19(28)12-17-22(31)24-7-9-26(17)18(27)13-25-8-6-23-21(30)16(25)11-20(29)33-14-15(2)3/h15-17H,4-14H2,1-3H3,(H,23,30)(H,24,31). The third kappa shape index (κ3) is 8.30. The summed E-state index contributed by atoms with van der Waals surface area (Å²) in [5.74, 6) is -2.01. The molecule has 11 nitrogen and oxygen atoms in total. The van der Waals surface area contributed by atoms with Gasteiger partial charge in [0.2, 0.25) is 17.7 Å². The summed E-state index contributed by atoms with van der Waals surface area (Å²) in [5.41, 5.74) is 0. The Morgan fingerprint density at radius 2 is 1.58 bits per heavy atom. The van der Waals surface area contributed by atoms with E-state index >= 15 is 0 Å². The summed E-state index contributed by atoms with van der Waals surface area (Å²) in [7, 11) is 0. The number of rotatable bonds is 11. The Hall–Kier alpha value is -2.69. The van der Waals surface area contributed by atoms with Gasteiger partial charge in [0.25, 0.3) is 0 Å². The van der Waals surface area contributed by atoms with E-state index in [2.05, 4.69) is 10.6 Å². The van der Waals surface area contributed by atoms with Gasteiger partial charge in [-0.25, -0.2) is 0 Å². The smallest absolute Gasteiger partial charge is 0.308 e. The number of hydrogen-bond acceptors (Lipinski definition) is 8. The zero-order valence-electron chi connectivity index (χ0n) is 19.8. The minimum Gasteiger partial charge on any atom is -0.466 e. The van der Waals surface area contributed by atoms with Crippen molar-refractivity contribution < 1.29 is 33.4 Å². The molecule has 2 heterocycles. The van der Waals surface area contributed by atoms with Crippen LogP contribution >= 0.6 is 0 Å². The summed E-state index contributed by atoms with van der Waals surface area (Å²) in [6.07, 6.45) is 1.20. The molecule has 0 aromatic carbocycles. The summed E-state index contributed by atoms with van der Waals surface area (Å²) >= 11 is 0. The SMILES string of the molecule is CCCCOC(=O)CC1C(=O)NCCN1C(=O)CN1CCNC(=O)C1CC(=O)OCC(C)C. The van der Waals surface area contributed by atoms with Crippen LogP contribution < -0.4 is 10.6 Å². The molecule has 2 N–H and O–H groups in total. The van der Waals surface area contributed by atoms with Crippen LogP contribution in [0.3, 0.4) is 0 Å². The lowest BCUT2D eigenvalue weighted by atomic mass is 10.1. The van der Waals surface area contributed by atoms with E-state index in [1.807, 2.05) is 20.8 Å². The second kappa shape index (κ2) is 13.1. The lowest BCUT2D eigenvalue weighted by Gasteiger charge is -2.38. The Balaban J connectivity index is 2.02.